The maximum absolute atomic E-state index is 12.5. The molecule has 0 bridgehead atoms. The van der Waals surface area contributed by atoms with Gasteiger partial charge in [-0.15, -0.1) is 0 Å². The van der Waals surface area contributed by atoms with E-state index < -0.39 is 0 Å². The summed E-state index contributed by atoms with van der Waals surface area (Å²) in [6.07, 6.45) is 5.11. The molecule has 2 aliphatic heterocycles. The van der Waals surface area contributed by atoms with Crippen LogP contribution in [0, 0.1) is 5.92 Å². The molecule has 1 amide bonds. The Morgan fingerprint density at radius 2 is 2.30 bits per heavy atom. The first-order valence-electron chi connectivity index (χ1n) is 8.00. The number of nitrogens with zero attached hydrogens (tertiary/aromatic N) is 4. The Labute approximate surface area is 141 Å². The second kappa shape index (κ2) is 6.78. The van der Waals surface area contributed by atoms with Gasteiger partial charge in [0, 0.05) is 38.2 Å². The zero-order valence-electron chi connectivity index (χ0n) is 13.8. The second-order valence-electron chi connectivity index (χ2n) is 6.26. The van der Waals surface area contributed by atoms with Gasteiger partial charge in [-0.3, -0.25) is 9.79 Å². The van der Waals surface area contributed by atoms with E-state index in [9.17, 15) is 4.79 Å². The normalized spacial score (nSPS) is 18.5. The van der Waals surface area contributed by atoms with Gasteiger partial charge in [0.05, 0.1) is 12.5 Å². The van der Waals surface area contributed by atoms with Gasteiger partial charge >= 0.3 is 0 Å². The average Bonchev–Trinajstić information content (AvgIpc) is 3.12. The number of aryl methyl sites for hydroxylation is 1. The van der Waals surface area contributed by atoms with Gasteiger partial charge in [0.15, 0.2) is 5.17 Å². The maximum atomic E-state index is 12.5. The van der Waals surface area contributed by atoms with Crippen LogP contribution in [0.2, 0.25) is 0 Å². The molecule has 2 aliphatic rings. The van der Waals surface area contributed by atoms with E-state index in [4.69, 9.17) is 0 Å². The Balaban J connectivity index is 1.65. The number of fused-ring (bicyclic) bond motifs is 1. The Morgan fingerprint density at radius 3 is 3.00 bits per heavy atom. The van der Waals surface area contributed by atoms with Crippen LogP contribution in [0.3, 0.4) is 0 Å². The summed E-state index contributed by atoms with van der Waals surface area (Å²) in [7, 11) is 1.95. The van der Waals surface area contributed by atoms with Gasteiger partial charge in [-0.05, 0) is 17.7 Å². The summed E-state index contributed by atoms with van der Waals surface area (Å²) < 4.78 is 1.96. The fourth-order valence-electron chi connectivity index (χ4n) is 2.87. The highest BCUT2D eigenvalue weighted by Crippen LogP contribution is 2.30. The number of amides is 1. The molecule has 23 heavy (non-hydrogen) atoms. The van der Waals surface area contributed by atoms with Gasteiger partial charge in [-0.1, -0.05) is 25.6 Å². The molecule has 3 rings (SSSR count). The van der Waals surface area contributed by atoms with Gasteiger partial charge in [0.2, 0.25) is 5.91 Å². The number of carbonyl (C=O) groups is 1. The molecule has 0 saturated carbocycles. The lowest BCUT2D eigenvalue weighted by Gasteiger charge is -2.26. The van der Waals surface area contributed by atoms with Gasteiger partial charge in [0.25, 0.3) is 0 Å². The fourth-order valence-corrected chi connectivity index (χ4v) is 3.82. The van der Waals surface area contributed by atoms with Crippen molar-refractivity contribution in [1.82, 2.24) is 19.8 Å². The van der Waals surface area contributed by atoms with Crippen molar-refractivity contribution in [2.24, 2.45) is 18.0 Å². The van der Waals surface area contributed by atoms with Crippen molar-refractivity contribution >= 4 is 22.8 Å². The molecule has 1 atom stereocenters. The lowest BCUT2D eigenvalue weighted by Crippen LogP contribution is -2.36. The lowest BCUT2D eigenvalue weighted by atomic mass is 10.0. The summed E-state index contributed by atoms with van der Waals surface area (Å²) in [5.41, 5.74) is 1.05. The average molecular weight is 333 g/mol. The third kappa shape index (κ3) is 3.44. The SMILES string of the molecule is CC(C)C(NC(=O)CC1=CSC2=NCCCN12)c1nccn1C. The molecule has 0 aromatic carbocycles. The van der Waals surface area contributed by atoms with E-state index in [1.165, 1.54) is 0 Å². The van der Waals surface area contributed by atoms with Crippen molar-refractivity contribution in [3.8, 4) is 0 Å². The van der Waals surface area contributed by atoms with Crippen molar-refractivity contribution in [3.05, 3.63) is 29.3 Å². The molecule has 1 aromatic rings. The number of hydrogen-bond donors (Lipinski definition) is 1. The molecule has 0 saturated heterocycles. The van der Waals surface area contributed by atoms with Crippen molar-refractivity contribution in [3.63, 3.8) is 0 Å². The fraction of sp³-hybridized carbons (Fsp3) is 0.562. The third-order valence-corrected chi connectivity index (χ3v) is 5.08. The summed E-state index contributed by atoms with van der Waals surface area (Å²) in [4.78, 5) is 23.6. The molecule has 1 N–H and O–H groups in total. The number of hydrogen-bond acceptors (Lipinski definition) is 5. The van der Waals surface area contributed by atoms with E-state index in [-0.39, 0.29) is 17.9 Å². The number of thioether (sulfide) groups is 1. The molecular weight excluding hydrogens is 310 g/mol. The predicted molar refractivity (Wildman–Crippen MR) is 92.8 cm³/mol. The van der Waals surface area contributed by atoms with Crippen LogP contribution in [0.4, 0.5) is 0 Å². The van der Waals surface area contributed by atoms with Gasteiger partial charge in [0.1, 0.15) is 5.82 Å². The molecule has 124 valence electrons. The Bertz CT molecular complexity index is 649. The van der Waals surface area contributed by atoms with Gasteiger partial charge < -0.3 is 14.8 Å². The van der Waals surface area contributed by atoms with Crippen molar-refractivity contribution < 1.29 is 4.79 Å². The second-order valence-corrected chi connectivity index (χ2v) is 7.10. The first-order valence-corrected chi connectivity index (χ1v) is 8.88. The first-order chi connectivity index (χ1) is 11.1. The van der Waals surface area contributed by atoms with Crippen molar-refractivity contribution in [1.29, 1.82) is 0 Å². The smallest absolute Gasteiger partial charge is 0.226 e. The number of carbonyl (C=O) groups excluding carboxylic acids is 1. The van der Waals surface area contributed by atoms with Crippen LogP contribution in [-0.2, 0) is 11.8 Å². The molecule has 1 aromatic heterocycles. The highest BCUT2D eigenvalue weighted by Gasteiger charge is 2.28. The van der Waals surface area contributed by atoms with Crippen LogP contribution in [-0.4, -0.2) is 38.6 Å². The summed E-state index contributed by atoms with van der Waals surface area (Å²) in [6.45, 7) is 6.04. The molecule has 0 spiro atoms. The van der Waals surface area contributed by atoms with Gasteiger partial charge in [-0.2, -0.15) is 0 Å². The van der Waals surface area contributed by atoms with E-state index in [0.29, 0.717) is 6.42 Å². The zero-order chi connectivity index (χ0) is 16.4. The van der Waals surface area contributed by atoms with E-state index in [2.05, 4.69) is 39.4 Å². The molecule has 1 unspecified atom stereocenters. The topological polar surface area (TPSA) is 62.5 Å². The van der Waals surface area contributed by atoms with Crippen LogP contribution in [0.25, 0.3) is 0 Å². The minimum Gasteiger partial charge on any atom is -0.346 e. The summed E-state index contributed by atoms with van der Waals surface area (Å²) in [6, 6.07) is -0.0772. The molecule has 0 fully saturated rings. The van der Waals surface area contributed by atoms with Crippen LogP contribution in [0.1, 0.15) is 38.6 Å². The predicted octanol–water partition coefficient (Wildman–Crippen LogP) is 2.27. The number of rotatable bonds is 5. The summed E-state index contributed by atoms with van der Waals surface area (Å²) in [5.74, 6) is 1.20. The molecule has 6 nitrogen and oxygen atoms in total. The van der Waals surface area contributed by atoms with E-state index in [1.54, 1.807) is 18.0 Å². The first kappa shape index (κ1) is 16.1. The van der Waals surface area contributed by atoms with Crippen molar-refractivity contribution in [2.75, 3.05) is 13.1 Å². The maximum Gasteiger partial charge on any atom is 0.226 e. The summed E-state index contributed by atoms with van der Waals surface area (Å²) >= 11 is 1.62. The van der Waals surface area contributed by atoms with Crippen LogP contribution in [0.5, 0.6) is 0 Å². The number of amidine groups is 1. The molecule has 3 heterocycles. The van der Waals surface area contributed by atoms with E-state index in [0.717, 1.165) is 36.2 Å². The van der Waals surface area contributed by atoms with Crippen LogP contribution >= 0.6 is 11.8 Å². The molecule has 0 aliphatic carbocycles. The summed E-state index contributed by atoms with van der Waals surface area (Å²) in [5, 5.41) is 6.22. The quantitative estimate of drug-likeness (QED) is 0.898. The Morgan fingerprint density at radius 1 is 1.48 bits per heavy atom. The van der Waals surface area contributed by atoms with Crippen molar-refractivity contribution in [2.45, 2.75) is 32.7 Å². The molecule has 0 radical (unpaired) electrons. The molecular formula is C16H23N5OS. The van der Waals surface area contributed by atoms with Crippen LogP contribution in [0.15, 0.2) is 28.5 Å². The largest absolute Gasteiger partial charge is 0.346 e. The highest BCUT2D eigenvalue weighted by atomic mass is 32.2. The lowest BCUT2D eigenvalue weighted by molar-refractivity contribution is -0.121. The monoisotopic (exact) mass is 333 g/mol. The number of aromatic nitrogens is 2. The van der Waals surface area contributed by atoms with E-state index in [1.807, 2.05) is 17.8 Å². The number of nitrogens with one attached hydrogen (secondary N) is 1. The highest BCUT2D eigenvalue weighted by molar-refractivity contribution is 8.16. The van der Waals surface area contributed by atoms with E-state index >= 15 is 0 Å². The minimum absolute atomic E-state index is 0.0328. The molecule has 7 heteroatoms. The Kier molecular flexibility index (Phi) is 4.75. The van der Waals surface area contributed by atoms with Gasteiger partial charge in [-0.25, -0.2) is 4.98 Å². The number of imidazole rings is 1. The number of aliphatic imine (C=N–C) groups is 1. The third-order valence-electron chi connectivity index (χ3n) is 4.13. The minimum atomic E-state index is -0.0772. The van der Waals surface area contributed by atoms with Crippen LogP contribution < -0.4 is 5.32 Å². The standard InChI is InChI=1S/C16H23N5OS/c1-11(2)14(15-17-6-8-20(15)3)19-13(22)9-12-10-23-16-18-5-4-7-21(12)16/h6,8,10-11,14H,4-5,7,9H2,1-3H3,(H,19,22). The zero-order valence-corrected chi connectivity index (χ0v) is 14.6. The Hall–Kier alpha value is -1.76.